The fraction of sp³-hybridized carbons (Fsp3) is 0.750. The second kappa shape index (κ2) is 5.71. The van der Waals surface area contributed by atoms with Gasteiger partial charge in [0, 0.05) is 5.71 Å². The summed E-state index contributed by atoms with van der Waals surface area (Å²) in [4.78, 5) is 10.3. The molecule has 1 unspecified atom stereocenters. The van der Waals surface area contributed by atoms with Crippen molar-refractivity contribution in [2.45, 2.75) is 38.6 Å². The van der Waals surface area contributed by atoms with Crippen molar-refractivity contribution in [1.29, 1.82) is 5.41 Å². The molecule has 0 saturated carbocycles. The average molecular weight is 172 g/mol. The monoisotopic (exact) mass is 172 g/mol. The molecule has 0 aromatic heterocycles. The topological polar surface area (TPSA) is 87.2 Å². The minimum Gasteiger partial charge on any atom is -0.480 e. The highest BCUT2D eigenvalue weighted by Gasteiger charge is 2.09. The lowest BCUT2D eigenvalue weighted by Gasteiger charge is -2.04. The zero-order valence-corrected chi connectivity index (χ0v) is 7.34. The van der Waals surface area contributed by atoms with E-state index in [0.717, 1.165) is 19.3 Å². The highest BCUT2D eigenvalue weighted by Crippen LogP contribution is 2.02. The predicted molar refractivity (Wildman–Crippen MR) is 47.5 cm³/mol. The normalized spacial score (nSPS) is 12.5. The lowest BCUT2D eigenvalue weighted by molar-refractivity contribution is -0.138. The van der Waals surface area contributed by atoms with E-state index in [-0.39, 0.29) is 0 Å². The van der Waals surface area contributed by atoms with E-state index >= 15 is 0 Å². The van der Waals surface area contributed by atoms with E-state index in [2.05, 4.69) is 0 Å². The van der Waals surface area contributed by atoms with Gasteiger partial charge in [0.25, 0.3) is 0 Å². The summed E-state index contributed by atoms with van der Waals surface area (Å²) >= 11 is 0. The van der Waals surface area contributed by atoms with Crippen molar-refractivity contribution < 1.29 is 9.90 Å². The Morgan fingerprint density at radius 3 is 2.58 bits per heavy atom. The summed E-state index contributed by atoms with van der Waals surface area (Å²) < 4.78 is 0. The Kier molecular flexibility index (Phi) is 5.28. The highest BCUT2D eigenvalue weighted by atomic mass is 16.4. The Balaban J connectivity index is 3.31. The van der Waals surface area contributed by atoms with Crippen molar-refractivity contribution in [2.75, 3.05) is 0 Å². The molecular weight excluding hydrogens is 156 g/mol. The molecule has 0 heterocycles. The quantitative estimate of drug-likeness (QED) is 0.412. The van der Waals surface area contributed by atoms with Gasteiger partial charge in [-0.05, 0) is 26.2 Å². The third-order valence-electron chi connectivity index (χ3n) is 1.63. The Morgan fingerprint density at radius 2 is 2.17 bits per heavy atom. The van der Waals surface area contributed by atoms with Gasteiger partial charge in [0.15, 0.2) is 0 Å². The first-order chi connectivity index (χ1) is 5.54. The van der Waals surface area contributed by atoms with Crippen LogP contribution < -0.4 is 5.73 Å². The number of aliphatic carboxylic acids is 1. The predicted octanol–water partition coefficient (Wildman–Crippen LogP) is 0.998. The van der Waals surface area contributed by atoms with Gasteiger partial charge in [0.05, 0.1) is 0 Å². The lowest BCUT2D eigenvalue weighted by atomic mass is 10.1. The SMILES string of the molecule is CC(=N)CCCCC(N)C(=O)O. The van der Waals surface area contributed by atoms with E-state index in [1.54, 1.807) is 6.92 Å². The molecule has 0 saturated heterocycles. The van der Waals surface area contributed by atoms with Crippen molar-refractivity contribution >= 4 is 11.7 Å². The van der Waals surface area contributed by atoms with Crippen LogP contribution in [0.15, 0.2) is 0 Å². The smallest absolute Gasteiger partial charge is 0.320 e. The number of nitrogens with two attached hydrogens (primary N) is 1. The van der Waals surface area contributed by atoms with Crippen molar-refractivity contribution in [3.63, 3.8) is 0 Å². The molecule has 4 nitrogen and oxygen atoms in total. The zero-order chi connectivity index (χ0) is 9.56. The standard InChI is InChI=1S/C8H16N2O2/c1-6(9)4-2-3-5-7(10)8(11)12/h7,9H,2-5,10H2,1H3,(H,11,12). The van der Waals surface area contributed by atoms with Crippen LogP contribution in [0.1, 0.15) is 32.6 Å². The van der Waals surface area contributed by atoms with Crippen LogP contribution in [0.3, 0.4) is 0 Å². The molecule has 0 spiro atoms. The van der Waals surface area contributed by atoms with Crippen LogP contribution in [0.2, 0.25) is 0 Å². The summed E-state index contributed by atoms with van der Waals surface area (Å²) in [6, 6.07) is -0.740. The second-order valence-electron chi connectivity index (χ2n) is 2.97. The average Bonchev–Trinajstić information content (AvgIpc) is 1.97. The molecule has 1 atom stereocenters. The molecule has 0 aromatic carbocycles. The Hall–Kier alpha value is -0.900. The minimum atomic E-state index is -0.943. The summed E-state index contributed by atoms with van der Waals surface area (Å²) in [5, 5.41) is 15.5. The van der Waals surface area contributed by atoms with E-state index < -0.39 is 12.0 Å². The summed E-state index contributed by atoms with van der Waals surface area (Å²) in [6.07, 6.45) is 2.88. The third-order valence-corrected chi connectivity index (χ3v) is 1.63. The van der Waals surface area contributed by atoms with Crippen molar-refractivity contribution in [3.8, 4) is 0 Å². The molecule has 70 valence electrons. The third kappa shape index (κ3) is 5.85. The Bertz CT molecular complexity index is 168. The van der Waals surface area contributed by atoms with Crippen molar-refractivity contribution in [2.24, 2.45) is 5.73 Å². The molecular formula is C8H16N2O2. The van der Waals surface area contributed by atoms with Crippen LogP contribution >= 0.6 is 0 Å². The van der Waals surface area contributed by atoms with Crippen LogP contribution in [0.25, 0.3) is 0 Å². The summed E-state index contributed by atoms with van der Waals surface area (Å²) in [6.45, 7) is 1.75. The molecule has 0 aromatic rings. The fourth-order valence-corrected chi connectivity index (χ4v) is 0.878. The van der Waals surface area contributed by atoms with Gasteiger partial charge in [-0.25, -0.2) is 0 Å². The molecule has 12 heavy (non-hydrogen) atoms. The molecule has 0 aliphatic carbocycles. The molecule has 0 aliphatic rings. The van der Waals surface area contributed by atoms with Gasteiger partial charge >= 0.3 is 5.97 Å². The largest absolute Gasteiger partial charge is 0.480 e. The van der Waals surface area contributed by atoms with E-state index in [0.29, 0.717) is 12.1 Å². The maximum Gasteiger partial charge on any atom is 0.320 e. The van der Waals surface area contributed by atoms with E-state index in [9.17, 15) is 4.79 Å². The number of nitrogens with one attached hydrogen (secondary N) is 1. The molecule has 0 fully saturated rings. The van der Waals surface area contributed by atoms with Crippen LogP contribution in [0.4, 0.5) is 0 Å². The fourth-order valence-electron chi connectivity index (χ4n) is 0.878. The number of unbranched alkanes of at least 4 members (excludes halogenated alkanes) is 1. The van der Waals surface area contributed by atoms with Gasteiger partial charge in [-0.1, -0.05) is 6.42 Å². The number of hydrogen-bond acceptors (Lipinski definition) is 3. The number of carbonyl (C=O) groups is 1. The first-order valence-electron chi connectivity index (χ1n) is 4.06. The minimum absolute atomic E-state index is 0.503. The molecule has 0 radical (unpaired) electrons. The van der Waals surface area contributed by atoms with Gasteiger partial charge in [0.1, 0.15) is 6.04 Å². The summed E-state index contributed by atoms with van der Waals surface area (Å²) in [7, 11) is 0. The van der Waals surface area contributed by atoms with Gasteiger partial charge in [0.2, 0.25) is 0 Å². The first-order valence-corrected chi connectivity index (χ1v) is 4.06. The van der Waals surface area contributed by atoms with Crippen molar-refractivity contribution in [3.05, 3.63) is 0 Å². The first kappa shape index (κ1) is 11.1. The maximum absolute atomic E-state index is 10.3. The number of carboxylic acid groups (broad SMARTS) is 1. The van der Waals surface area contributed by atoms with E-state index in [4.69, 9.17) is 16.2 Å². The highest BCUT2D eigenvalue weighted by molar-refractivity contribution is 5.78. The zero-order valence-electron chi connectivity index (χ0n) is 7.34. The van der Waals surface area contributed by atoms with Crippen LogP contribution in [-0.4, -0.2) is 22.8 Å². The molecule has 0 amide bonds. The summed E-state index contributed by atoms with van der Waals surface area (Å²) in [5.74, 6) is -0.943. The Morgan fingerprint density at radius 1 is 1.58 bits per heavy atom. The van der Waals surface area contributed by atoms with E-state index in [1.807, 2.05) is 0 Å². The molecule has 0 aliphatic heterocycles. The van der Waals surface area contributed by atoms with Crippen molar-refractivity contribution in [1.82, 2.24) is 0 Å². The van der Waals surface area contributed by atoms with Gasteiger partial charge in [-0.15, -0.1) is 0 Å². The number of carboxylic acids is 1. The van der Waals surface area contributed by atoms with Crippen LogP contribution in [0, 0.1) is 5.41 Å². The molecule has 0 bridgehead atoms. The molecule has 4 heteroatoms. The second-order valence-corrected chi connectivity index (χ2v) is 2.97. The molecule has 4 N–H and O–H groups in total. The van der Waals surface area contributed by atoms with Gasteiger partial charge in [-0.2, -0.15) is 0 Å². The Labute approximate surface area is 72.3 Å². The number of rotatable bonds is 6. The molecule has 0 rings (SSSR count). The lowest BCUT2D eigenvalue weighted by Crippen LogP contribution is -2.29. The van der Waals surface area contributed by atoms with E-state index in [1.165, 1.54) is 0 Å². The van der Waals surface area contributed by atoms with Gasteiger partial charge < -0.3 is 16.2 Å². The summed E-state index contributed by atoms with van der Waals surface area (Å²) in [5.41, 5.74) is 5.92. The number of hydrogen-bond donors (Lipinski definition) is 3. The maximum atomic E-state index is 10.3. The van der Waals surface area contributed by atoms with Crippen LogP contribution in [0.5, 0.6) is 0 Å². The van der Waals surface area contributed by atoms with Gasteiger partial charge in [-0.3, -0.25) is 4.79 Å². The van der Waals surface area contributed by atoms with Crippen LogP contribution in [-0.2, 0) is 4.79 Å².